The molecule has 3 rings (SSSR count). The van der Waals surface area contributed by atoms with Gasteiger partial charge in [0.05, 0.1) is 6.10 Å². The Labute approximate surface area is 113 Å². The number of benzene rings is 1. The van der Waals surface area contributed by atoms with Crippen molar-refractivity contribution < 1.29 is 5.11 Å². The molecular weight excluding hydrogens is 248 g/mol. The number of nitrogens with zero attached hydrogens (tertiary/aromatic N) is 1. The van der Waals surface area contributed by atoms with Crippen LogP contribution >= 0.6 is 11.6 Å². The third kappa shape index (κ3) is 2.22. The molecule has 0 bridgehead atoms. The topological polar surface area (TPSA) is 49.5 Å². The molecule has 0 spiro atoms. The minimum Gasteiger partial charge on any atom is -0.398 e. The van der Waals surface area contributed by atoms with Crippen LogP contribution in [0.2, 0.25) is 5.02 Å². The van der Waals surface area contributed by atoms with E-state index >= 15 is 0 Å². The molecule has 1 aromatic rings. The van der Waals surface area contributed by atoms with Crippen molar-refractivity contribution in [1.29, 1.82) is 0 Å². The molecule has 18 heavy (non-hydrogen) atoms. The number of halogens is 1. The number of likely N-dealkylation sites (tertiary alicyclic amines) is 1. The smallest absolute Gasteiger partial charge is 0.0583 e. The van der Waals surface area contributed by atoms with Crippen molar-refractivity contribution >= 4 is 17.3 Å². The molecular formula is C14H19ClN2O. The van der Waals surface area contributed by atoms with Gasteiger partial charge in [-0.25, -0.2) is 0 Å². The van der Waals surface area contributed by atoms with Gasteiger partial charge in [-0.3, -0.25) is 4.90 Å². The highest BCUT2D eigenvalue weighted by atomic mass is 35.5. The van der Waals surface area contributed by atoms with Crippen molar-refractivity contribution in [1.82, 2.24) is 4.90 Å². The van der Waals surface area contributed by atoms with Gasteiger partial charge in [-0.15, -0.1) is 0 Å². The number of hydrogen-bond donors (Lipinski definition) is 2. The largest absolute Gasteiger partial charge is 0.398 e. The van der Waals surface area contributed by atoms with Crippen molar-refractivity contribution in [2.75, 3.05) is 18.8 Å². The number of aliphatic hydroxyl groups is 1. The average Bonchev–Trinajstić information content (AvgIpc) is 2.86. The van der Waals surface area contributed by atoms with Gasteiger partial charge in [0.15, 0.2) is 0 Å². The first-order chi connectivity index (χ1) is 8.63. The van der Waals surface area contributed by atoms with Crippen molar-refractivity contribution in [3.63, 3.8) is 0 Å². The lowest BCUT2D eigenvalue weighted by molar-refractivity contribution is 0.123. The molecule has 3 nitrogen and oxygen atoms in total. The lowest BCUT2D eigenvalue weighted by atomic mass is 10.00. The highest BCUT2D eigenvalue weighted by Crippen LogP contribution is 2.38. The van der Waals surface area contributed by atoms with Crippen LogP contribution in [0.15, 0.2) is 18.2 Å². The minimum absolute atomic E-state index is 0.0948. The second kappa shape index (κ2) is 4.72. The summed E-state index contributed by atoms with van der Waals surface area (Å²) in [6.07, 6.45) is 2.05. The van der Waals surface area contributed by atoms with Crippen LogP contribution in [0.3, 0.4) is 0 Å². The van der Waals surface area contributed by atoms with E-state index in [1.165, 1.54) is 6.42 Å². The molecule has 1 saturated carbocycles. The average molecular weight is 267 g/mol. The zero-order chi connectivity index (χ0) is 12.7. The molecule has 2 aliphatic rings. The summed E-state index contributed by atoms with van der Waals surface area (Å²) in [7, 11) is 0. The van der Waals surface area contributed by atoms with Crippen LogP contribution in [0, 0.1) is 11.8 Å². The molecule has 98 valence electrons. The van der Waals surface area contributed by atoms with E-state index in [2.05, 4.69) is 4.90 Å². The number of nitrogen functional groups attached to an aromatic ring is 1. The maximum Gasteiger partial charge on any atom is 0.0583 e. The second-order valence-electron chi connectivity index (χ2n) is 5.61. The van der Waals surface area contributed by atoms with E-state index in [9.17, 15) is 5.11 Å². The Morgan fingerprint density at radius 2 is 2.17 bits per heavy atom. The van der Waals surface area contributed by atoms with Crippen molar-refractivity contribution in [3.8, 4) is 0 Å². The van der Waals surface area contributed by atoms with Gasteiger partial charge < -0.3 is 10.8 Å². The van der Waals surface area contributed by atoms with E-state index in [1.54, 1.807) is 0 Å². The molecule has 1 aliphatic carbocycles. The monoisotopic (exact) mass is 266 g/mol. The van der Waals surface area contributed by atoms with Gasteiger partial charge in [-0.2, -0.15) is 0 Å². The Morgan fingerprint density at radius 3 is 2.89 bits per heavy atom. The molecule has 1 saturated heterocycles. The molecule has 1 aromatic carbocycles. The first-order valence-electron chi connectivity index (χ1n) is 6.58. The van der Waals surface area contributed by atoms with Gasteiger partial charge in [-0.1, -0.05) is 17.7 Å². The summed E-state index contributed by atoms with van der Waals surface area (Å²) in [6, 6.07) is 5.70. The zero-order valence-corrected chi connectivity index (χ0v) is 11.1. The second-order valence-corrected chi connectivity index (χ2v) is 6.04. The van der Waals surface area contributed by atoms with Crippen LogP contribution in [-0.4, -0.2) is 29.2 Å². The summed E-state index contributed by atoms with van der Waals surface area (Å²) >= 11 is 5.90. The lowest BCUT2D eigenvalue weighted by Gasteiger charge is -2.19. The van der Waals surface area contributed by atoms with E-state index in [0.29, 0.717) is 16.9 Å². The molecule has 0 amide bonds. The van der Waals surface area contributed by atoms with Gasteiger partial charge in [0, 0.05) is 36.3 Å². The van der Waals surface area contributed by atoms with Crippen LogP contribution in [0.4, 0.5) is 5.69 Å². The lowest BCUT2D eigenvalue weighted by Crippen LogP contribution is -2.24. The predicted octanol–water partition coefficient (Wildman–Crippen LogP) is 2.12. The van der Waals surface area contributed by atoms with E-state index in [-0.39, 0.29) is 6.10 Å². The van der Waals surface area contributed by atoms with Gasteiger partial charge in [-0.05, 0) is 36.5 Å². The standard InChI is InChI=1S/C14H19ClN2O/c15-11-3-1-10(13(16)5-11)7-17-6-9-2-4-14(18)12(9)8-17/h1,3,5,9,12,14,18H,2,4,6-8,16H2. The maximum absolute atomic E-state index is 9.91. The summed E-state index contributed by atoms with van der Waals surface area (Å²) in [5, 5.41) is 10.6. The first kappa shape index (κ1) is 12.3. The van der Waals surface area contributed by atoms with E-state index in [0.717, 1.165) is 37.3 Å². The molecule has 4 heteroatoms. The molecule has 0 radical (unpaired) electrons. The summed E-state index contributed by atoms with van der Waals surface area (Å²) in [5.41, 5.74) is 7.88. The third-order valence-electron chi connectivity index (χ3n) is 4.40. The molecule has 3 unspecified atom stereocenters. The Hall–Kier alpha value is -0.770. The van der Waals surface area contributed by atoms with Crippen molar-refractivity contribution in [2.24, 2.45) is 11.8 Å². The molecule has 0 aromatic heterocycles. The Bertz CT molecular complexity index is 451. The fourth-order valence-electron chi connectivity index (χ4n) is 3.41. The number of hydrogen-bond acceptors (Lipinski definition) is 3. The number of anilines is 1. The van der Waals surface area contributed by atoms with E-state index in [1.807, 2.05) is 18.2 Å². The van der Waals surface area contributed by atoms with Crippen LogP contribution < -0.4 is 5.73 Å². The number of fused-ring (bicyclic) bond motifs is 1. The van der Waals surface area contributed by atoms with E-state index in [4.69, 9.17) is 17.3 Å². The highest BCUT2D eigenvalue weighted by molar-refractivity contribution is 6.30. The van der Waals surface area contributed by atoms with Gasteiger partial charge >= 0.3 is 0 Å². The summed E-state index contributed by atoms with van der Waals surface area (Å²) in [6.45, 7) is 2.94. The molecule has 3 atom stereocenters. The summed E-state index contributed by atoms with van der Waals surface area (Å²) < 4.78 is 0. The first-order valence-corrected chi connectivity index (χ1v) is 6.95. The minimum atomic E-state index is -0.0948. The molecule has 1 heterocycles. The van der Waals surface area contributed by atoms with Gasteiger partial charge in [0.2, 0.25) is 0 Å². The molecule has 2 fully saturated rings. The van der Waals surface area contributed by atoms with Crippen molar-refractivity contribution in [3.05, 3.63) is 28.8 Å². The number of aliphatic hydroxyl groups excluding tert-OH is 1. The van der Waals surface area contributed by atoms with E-state index < -0.39 is 0 Å². The number of nitrogens with two attached hydrogens (primary N) is 1. The van der Waals surface area contributed by atoms with Gasteiger partial charge in [0.1, 0.15) is 0 Å². The number of rotatable bonds is 2. The van der Waals surface area contributed by atoms with Crippen LogP contribution in [0.25, 0.3) is 0 Å². The fourth-order valence-corrected chi connectivity index (χ4v) is 3.59. The Morgan fingerprint density at radius 1 is 1.33 bits per heavy atom. The van der Waals surface area contributed by atoms with Crippen LogP contribution in [0.5, 0.6) is 0 Å². The van der Waals surface area contributed by atoms with Crippen LogP contribution in [-0.2, 0) is 6.54 Å². The molecule has 3 N–H and O–H groups in total. The third-order valence-corrected chi connectivity index (χ3v) is 4.63. The molecule has 1 aliphatic heterocycles. The Balaban J connectivity index is 1.68. The van der Waals surface area contributed by atoms with Crippen molar-refractivity contribution in [2.45, 2.75) is 25.5 Å². The SMILES string of the molecule is Nc1cc(Cl)ccc1CN1CC2CCC(O)C2C1. The maximum atomic E-state index is 9.91. The zero-order valence-electron chi connectivity index (χ0n) is 10.3. The fraction of sp³-hybridized carbons (Fsp3) is 0.571. The Kier molecular flexibility index (Phi) is 3.22. The predicted molar refractivity (Wildman–Crippen MR) is 73.4 cm³/mol. The van der Waals surface area contributed by atoms with Gasteiger partial charge in [0.25, 0.3) is 0 Å². The summed E-state index contributed by atoms with van der Waals surface area (Å²) in [4.78, 5) is 2.40. The normalized spacial score (nSPS) is 31.8. The summed E-state index contributed by atoms with van der Waals surface area (Å²) in [5.74, 6) is 1.15. The quantitative estimate of drug-likeness (QED) is 0.807. The van der Waals surface area contributed by atoms with Crippen LogP contribution in [0.1, 0.15) is 18.4 Å². The highest BCUT2D eigenvalue weighted by Gasteiger charge is 2.41.